The van der Waals surface area contributed by atoms with E-state index in [-0.39, 0.29) is 0 Å². The average Bonchev–Trinajstić information content (AvgIpc) is 2.48. The Hall–Kier alpha value is -1.78. The highest BCUT2D eigenvalue weighted by Gasteiger charge is 2.16. The Bertz CT molecular complexity index is 614. The van der Waals surface area contributed by atoms with Crippen molar-refractivity contribution in [3.63, 3.8) is 0 Å². The van der Waals surface area contributed by atoms with Crippen molar-refractivity contribution in [2.24, 2.45) is 0 Å². The second-order valence-corrected chi connectivity index (χ2v) is 4.87. The molecule has 2 nitrogen and oxygen atoms in total. The Morgan fingerprint density at radius 1 is 1.05 bits per heavy atom. The summed E-state index contributed by atoms with van der Waals surface area (Å²) in [7, 11) is 3.75. The lowest BCUT2D eigenvalue weighted by Crippen LogP contribution is -2.11. The van der Waals surface area contributed by atoms with Gasteiger partial charge in [0.15, 0.2) is 0 Å². The van der Waals surface area contributed by atoms with E-state index in [9.17, 15) is 8.78 Å². The molecule has 1 heterocycles. The number of nitrogens with one attached hydrogen (secondary N) is 1. The van der Waals surface area contributed by atoms with E-state index in [1.807, 2.05) is 32.3 Å². The molecule has 0 aromatic heterocycles. The Balaban J connectivity index is 0.000000497. The molecule has 0 unspecified atom stereocenters. The number of benzene rings is 2. The number of hydrogen-bond acceptors (Lipinski definition) is 2. The summed E-state index contributed by atoms with van der Waals surface area (Å²) in [6.45, 7) is 1.19. The minimum Gasteiger partial charge on any atom is -0.376 e. The van der Waals surface area contributed by atoms with Crippen LogP contribution in [0.4, 0.5) is 8.78 Å². The normalized spacial score (nSPS) is 13.1. The zero-order valence-corrected chi connectivity index (χ0v) is 12.2. The predicted molar refractivity (Wildman–Crippen MR) is 80.1 cm³/mol. The van der Waals surface area contributed by atoms with Crippen LogP contribution in [0.3, 0.4) is 0 Å². The third-order valence-corrected chi connectivity index (χ3v) is 3.26. The molecule has 3 rings (SSSR count). The maximum Gasteiger partial charge on any atom is 0.133 e. The largest absolute Gasteiger partial charge is 0.376 e. The number of ether oxygens (including phenoxy) is 1. The van der Waals surface area contributed by atoms with E-state index < -0.39 is 11.6 Å². The predicted octanol–water partition coefficient (Wildman–Crippen LogP) is 3.54. The van der Waals surface area contributed by atoms with Gasteiger partial charge in [-0.05, 0) is 49.3 Å². The van der Waals surface area contributed by atoms with E-state index in [0.717, 1.165) is 23.6 Å². The summed E-state index contributed by atoms with van der Waals surface area (Å²) in [5.74, 6) is -1.09. The van der Waals surface area contributed by atoms with Gasteiger partial charge in [-0.1, -0.05) is 18.2 Å². The molecule has 0 bridgehead atoms. The first-order valence-corrected chi connectivity index (χ1v) is 6.89. The Kier molecular flexibility index (Phi) is 5.42. The van der Waals surface area contributed by atoms with E-state index in [4.69, 9.17) is 4.74 Å². The van der Waals surface area contributed by atoms with Crippen molar-refractivity contribution in [1.82, 2.24) is 5.32 Å². The monoisotopic (exact) mass is 291 g/mol. The molecule has 0 saturated carbocycles. The van der Waals surface area contributed by atoms with Crippen LogP contribution in [-0.2, 0) is 17.8 Å². The summed E-state index contributed by atoms with van der Waals surface area (Å²) in [6.07, 6.45) is 0.839. The minimum absolute atomic E-state index is 0.429. The Morgan fingerprint density at radius 3 is 2.52 bits per heavy atom. The van der Waals surface area contributed by atoms with Crippen LogP contribution in [0.25, 0.3) is 11.1 Å². The van der Waals surface area contributed by atoms with Gasteiger partial charge in [0.2, 0.25) is 0 Å². The second kappa shape index (κ2) is 7.29. The fourth-order valence-electron chi connectivity index (χ4n) is 2.36. The van der Waals surface area contributed by atoms with Crippen molar-refractivity contribution in [3.05, 3.63) is 59.2 Å². The van der Waals surface area contributed by atoms with Crippen molar-refractivity contribution in [2.45, 2.75) is 13.0 Å². The number of hydrogen-bond donors (Lipinski definition) is 1. The summed E-state index contributed by atoms with van der Waals surface area (Å²) in [4.78, 5) is 0. The lowest BCUT2D eigenvalue weighted by Gasteiger charge is -2.20. The molecule has 2 aromatic carbocycles. The van der Waals surface area contributed by atoms with Gasteiger partial charge in [0, 0.05) is 11.6 Å². The third-order valence-electron chi connectivity index (χ3n) is 3.26. The topological polar surface area (TPSA) is 21.3 Å². The molecule has 112 valence electrons. The maximum absolute atomic E-state index is 13.8. The van der Waals surface area contributed by atoms with Gasteiger partial charge in [-0.3, -0.25) is 0 Å². The summed E-state index contributed by atoms with van der Waals surface area (Å²) in [5.41, 5.74) is 3.42. The SMILES string of the molecule is CNC.Fc1ccc(-c2cccc3c2COCC3)c(F)c1. The van der Waals surface area contributed by atoms with Gasteiger partial charge in [0.25, 0.3) is 0 Å². The zero-order chi connectivity index (χ0) is 15.2. The van der Waals surface area contributed by atoms with Gasteiger partial charge >= 0.3 is 0 Å². The smallest absolute Gasteiger partial charge is 0.133 e. The highest BCUT2D eigenvalue weighted by molar-refractivity contribution is 5.69. The first-order chi connectivity index (χ1) is 10.2. The van der Waals surface area contributed by atoms with E-state index in [2.05, 4.69) is 5.32 Å². The first-order valence-electron chi connectivity index (χ1n) is 6.89. The first kappa shape index (κ1) is 15.6. The molecule has 0 radical (unpaired) electrons. The molecule has 0 atom stereocenters. The summed E-state index contributed by atoms with van der Waals surface area (Å²) in [6, 6.07) is 9.46. The fourth-order valence-corrected chi connectivity index (χ4v) is 2.36. The van der Waals surface area contributed by atoms with E-state index >= 15 is 0 Å². The molecule has 21 heavy (non-hydrogen) atoms. The van der Waals surface area contributed by atoms with Gasteiger partial charge in [0.1, 0.15) is 11.6 Å². The highest BCUT2D eigenvalue weighted by atomic mass is 19.1. The number of fused-ring (bicyclic) bond motifs is 1. The minimum atomic E-state index is -0.558. The Labute approximate surface area is 123 Å². The molecule has 4 heteroatoms. The average molecular weight is 291 g/mol. The van der Waals surface area contributed by atoms with Crippen LogP contribution >= 0.6 is 0 Å². The molecule has 2 aromatic rings. The molecule has 0 amide bonds. The van der Waals surface area contributed by atoms with Crippen molar-refractivity contribution in [1.29, 1.82) is 0 Å². The van der Waals surface area contributed by atoms with Gasteiger partial charge in [0.05, 0.1) is 13.2 Å². The highest BCUT2D eigenvalue weighted by Crippen LogP contribution is 2.31. The lowest BCUT2D eigenvalue weighted by atomic mass is 9.93. The second-order valence-electron chi connectivity index (χ2n) is 4.87. The molecule has 1 N–H and O–H groups in total. The van der Waals surface area contributed by atoms with Crippen LogP contribution < -0.4 is 5.32 Å². The summed E-state index contributed by atoms with van der Waals surface area (Å²) in [5, 5.41) is 2.75. The van der Waals surface area contributed by atoms with Crippen molar-refractivity contribution in [2.75, 3.05) is 20.7 Å². The van der Waals surface area contributed by atoms with Crippen LogP contribution in [0.1, 0.15) is 11.1 Å². The molecular weight excluding hydrogens is 272 g/mol. The van der Waals surface area contributed by atoms with Gasteiger partial charge < -0.3 is 10.1 Å². The molecule has 0 fully saturated rings. The van der Waals surface area contributed by atoms with Crippen LogP contribution in [0.5, 0.6) is 0 Å². The van der Waals surface area contributed by atoms with Crippen molar-refractivity contribution < 1.29 is 13.5 Å². The van der Waals surface area contributed by atoms with Gasteiger partial charge in [-0.15, -0.1) is 0 Å². The molecule has 0 saturated heterocycles. The van der Waals surface area contributed by atoms with Crippen LogP contribution in [0.15, 0.2) is 36.4 Å². The fraction of sp³-hybridized carbons (Fsp3) is 0.294. The molecule has 1 aliphatic rings. The summed E-state index contributed by atoms with van der Waals surface area (Å²) >= 11 is 0. The molecule has 0 aliphatic carbocycles. The quantitative estimate of drug-likeness (QED) is 0.867. The van der Waals surface area contributed by atoms with E-state index in [1.165, 1.54) is 17.7 Å². The van der Waals surface area contributed by atoms with Crippen LogP contribution in [-0.4, -0.2) is 20.7 Å². The number of rotatable bonds is 1. The van der Waals surface area contributed by atoms with E-state index in [1.54, 1.807) is 0 Å². The van der Waals surface area contributed by atoms with Crippen molar-refractivity contribution >= 4 is 0 Å². The van der Waals surface area contributed by atoms with Crippen LogP contribution in [0, 0.1) is 11.6 Å². The summed E-state index contributed by atoms with van der Waals surface area (Å²) < 4.78 is 32.2. The van der Waals surface area contributed by atoms with Gasteiger partial charge in [-0.25, -0.2) is 8.78 Å². The lowest BCUT2D eigenvalue weighted by molar-refractivity contribution is 0.111. The molecular formula is C17H19F2NO. The number of halogens is 2. The third kappa shape index (κ3) is 3.65. The van der Waals surface area contributed by atoms with E-state index in [0.29, 0.717) is 18.8 Å². The molecule has 1 aliphatic heterocycles. The van der Waals surface area contributed by atoms with Crippen molar-refractivity contribution in [3.8, 4) is 11.1 Å². The standard InChI is InChI=1S/C15H12F2O.C2H7N/c16-11-4-5-13(15(17)8-11)12-3-1-2-10-6-7-18-9-14(10)12;1-3-2/h1-5,8H,6-7,9H2;3H,1-2H3. The zero-order valence-electron chi connectivity index (χ0n) is 12.2. The Morgan fingerprint density at radius 2 is 1.81 bits per heavy atom. The maximum atomic E-state index is 13.8. The van der Waals surface area contributed by atoms with Gasteiger partial charge in [-0.2, -0.15) is 0 Å². The van der Waals surface area contributed by atoms with Crippen LogP contribution in [0.2, 0.25) is 0 Å². The molecule has 0 spiro atoms.